The van der Waals surface area contributed by atoms with Crippen LogP contribution in [-0.2, 0) is 31.9 Å². The lowest BCUT2D eigenvalue weighted by Crippen LogP contribution is -2.23. The van der Waals surface area contributed by atoms with Gasteiger partial charge in [0.15, 0.2) is 0 Å². The predicted octanol–water partition coefficient (Wildman–Crippen LogP) is 1.84. The van der Waals surface area contributed by atoms with Gasteiger partial charge in [0.2, 0.25) is 0 Å². The molecule has 0 radical (unpaired) electrons. The Morgan fingerprint density at radius 3 is 2.32 bits per heavy atom. The molecular weight excluding hydrogens is 288 g/mol. The number of carboxylic acid groups (broad SMARTS) is 1. The van der Waals surface area contributed by atoms with Crippen LogP contribution < -0.4 is 0 Å². The summed E-state index contributed by atoms with van der Waals surface area (Å²) in [6.45, 7) is 1.90. The molecule has 0 aliphatic heterocycles. The van der Waals surface area contributed by atoms with E-state index in [2.05, 4.69) is 4.74 Å². The van der Waals surface area contributed by atoms with Crippen molar-refractivity contribution in [3.05, 3.63) is 34.9 Å². The number of rotatable bonds is 7. The molecule has 0 aliphatic rings. The number of carbonyl (C=O) groups is 3. The maximum Gasteiger partial charge on any atom is 0.335 e. The van der Waals surface area contributed by atoms with E-state index in [1.54, 1.807) is 12.1 Å². The summed E-state index contributed by atoms with van der Waals surface area (Å²) < 4.78 is 9.32. The maximum atomic E-state index is 11.8. The molecule has 6 heteroatoms. The third-order valence-electron chi connectivity index (χ3n) is 3.48. The van der Waals surface area contributed by atoms with Crippen molar-refractivity contribution in [2.45, 2.75) is 26.2 Å². The molecule has 0 amide bonds. The van der Waals surface area contributed by atoms with E-state index in [9.17, 15) is 14.4 Å². The third kappa shape index (κ3) is 4.58. The standard InChI is InChI=1S/C16H20O6/c1-4-10-7-12(15(18)19)6-5-11(10)8-13(16(20)22-3)9-14(17)21-2/h5-7,13H,4,8-9H2,1-3H3,(H,18,19). The Morgan fingerprint density at radius 1 is 1.14 bits per heavy atom. The molecule has 0 bridgehead atoms. The van der Waals surface area contributed by atoms with Gasteiger partial charge in [0.1, 0.15) is 0 Å². The quantitative estimate of drug-likeness (QED) is 0.773. The minimum absolute atomic E-state index is 0.0764. The molecule has 0 spiro atoms. The van der Waals surface area contributed by atoms with Crippen molar-refractivity contribution in [2.24, 2.45) is 5.92 Å². The highest BCUT2D eigenvalue weighted by Crippen LogP contribution is 2.20. The van der Waals surface area contributed by atoms with Gasteiger partial charge in [-0.15, -0.1) is 0 Å². The molecule has 1 aromatic carbocycles. The number of aryl methyl sites for hydroxylation is 1. The first-order chi connectivity index (χ1) is 10.4. The highest BCUT2D eigenvalue weighted by atomic mass is 16.5. The van der Waals surface area contributed by atoms with E-state index in [1.807, 2.05) is 6.92 Å². The molecule has 1 aromatic rings. The van der Waals surface area contributed by atoms with Crippen LogP contribution >= 0.6 is 0 Å². The van der Waals surface area contributed by atoms with E-state index >= 15 is 0 Å². The first-order valence-corrected chi connectivity index (χ1v) is 6.92. The lowest BCUT2D eigenvalue weighted by atomic mass is 9.91. The van der Waals surface area contributed by atoms with Gasteiger partial charge in [-0.3, -0.25) is 9.59 Å². The fourth-order valence-electron chi connectivity index (χ4n) is 2.24. The van der Waals surface area contributed by atoms with E-state index < -0.39 is 23.8 Å². The number of methoxy groups -OCH3 is 2. The summed E-state index contributed by atoms with van der Waals surface area (Å²) in [4.78, 5) is 34.2. The Hall–Kier alpha value is -2.37. The van der Waals surface area contributed by atoms with Gasteiger partial charge in [-0.25, -0.2) is 4.79 Å². The molecule has 0 saturated heterocycles. The molecule has 0 heterocycles. The Balaban J connectivity index is 3.04. The monoisotopic (exact) mass is 308 g/mol. The number of benzene rings is 1. The fraction of sp³-hybridized carbons (Fsp3) is 0.438. The number of hydrogen-bond donors (Lipinski definition) is 1. The average molecular weight is 308 g/mol. The number of carbonyl (C=O) groups excluding carboxylic acids is 2. The molecular formula is C16H20O6. The van der Waals surface area contributed by atoms with E-state index in [-0.39, 0.29) is 12.0 Å². The minimum atomic E-state index is -1.000. The number of esters is 2. The molecule has 6 nitrogen and oxygen atoms in total. The van der Waals surface area contributed by atoms with Gasteiger partial charge >= 0.3 is 17.9 Å². The van der Waals surface area contributed by atoms with Crippen LogP contribution in [0.3, 0.4) is 0 Å². The van der Waals surface area contributed by atoms with Crippen LogP contribution in [0.4, 0.5) is 0 Å². The topological polar surface area (TPSA) is 89.9 Å². The maximum absolute atomic E-state index is 11.8. The number of carboxylic acids is 1. The average Bonchev–Trinajstić information content (AvgIpc) is 2.53. The lowest BCUT2D eigenvalue weighted by molar-refractivity contribution is -0.152. The summed E-state index contributed by atoms with van der Waals surface area (Å²) >= 11 is 0. The largest absolute Gasteiger partial charge is 0.478 e. The summed E-state index contributed by atoms with van der Waals surface area (Å²) in [7, 11) is 2.52. The summed E-state index contributed by atoms with van der Waals surface area (Å²) in [5.41, 5.74) is 1.86. The molecule has 22 heavy (non-hydrogen) atoms. The second-order valence-electron chi connectivity index (χ2n) is 4.85. The highest BCUT2D eigenvalue weighted by molar-refractivity contribution is 5.88. The van der Waals surface area contributed by atoms with Crippen LogP contribution in [0.1, 0.15) is 34.8 Å². The zero-order valence-electron chi connectivity index (χ0n) is 12.9. The van der Waals surface area contributed by atoms with Crippen LogP contribution in [0, 0.1) is 5.92 Å². The second kappa shape index (κ2) is 8.17. The Morgan fingerprint density at radius 2 is 1.82 bits per heavy atom. The molecule has 0 saturated carbocycles. The molecule has 0 aromatic heterocycles. The minimum Gasteiger partial charge on any atom is -0.478 e. The molecule has 1 atom stereocenters. The zero-order chi connectivity index (χ0) is 16.7. The Labute approximate surface area is 129 Å². The molecule has 0 aliphatic carbocycles. The van der Waals surface area contributed by atoms with Crippen molar-refractivity contribution in [1.82, 2.24) is 0 Å². The van der Waals surface area contributed by atoms with Crippen molar-refractivity contribution in [1.29, 1.82) is 0 Å². The van der Waals surface area contributed by atoms with Gasteiger partial charge in [-0.1, -0.05) is 13.0 Å². The molecule has 0 fully saturated rings. The molecule has 120 valence electrons. The van der Waals surface area contributed by atoms with E-state index in [0.29, 0.717) is 12.8 Å². The van der Waals surface area contributed by atoms with Gasteiger partial charge in [-0.2, -0.15) is 0 Å². The van der Waals surface area contributed by atoms with Gasteiger partial charge in [0.05, 0.1) is 32.1 Å². The van der Waals surface area contributed by atoms with E-state index in [0.717, 1.165) is 11.1 Å². The summed E-state index contributed by atoms with van der Waals surface area (Å²) in [6.07, 6.45) is 0.848. The molecule has 1 unspecified atom stereocenters. The first kappa shape index (κ1) is 17.7. The van der Waals surface area contributed by atoms with Crippen molar-refractivity contribution < 1.29 is 29.0 Å². The summed E-state index contributed by atoms with van der Waals surface area (Å²) in [5, 5.41) is 9.02. The summed E-state index contributed by atoms with van der Waals surface area (Å²) in [5.74, 6) is -2.64. The van der Waals surface area contributed by atoms with E-state index in [4.69, 9.17) is 9.84 Å². The van der Waals surface area contributed by atoms with Crippen LogP contribution in [0.25, 0.3) is 0 Å². The lowest BCUT2D eigenvalue weighted by Gasteiger charge is -2.16. The third-order valence-corrected chi connectivity index (χ3v) is 3.48. The van der Waals surface area contributed by atoms with Crippen molar-refractivity contribution in [2.75, 3.05) is 14.2 Å². The second-order valence-corrected chi connectivity index (χ2v) is 4.85. The van der Waals surface area contributed by atoms with Crippen LogP contribution in [0.15, 0.2) is 18.2 Å². The highest BCUT2D eigenvalue weighted by Gasteiger charge is 2.24. The molecule has 1 N–H and O–H groups in total. The van der Waals surface area contributed by atoms with Crippen molar-refractivity contribution in [3.8, 4) is 0 Å². The number of hydrogen-bond acceptors (Lipinski definition) is 5. The van der Waals surface area contributed by atoms with Gasteiger partial charge in [0.25, 0.3) is 0 Å². The number of aromatic carboxylic acids is 1. The number of ether oxygens (including phenoxy) is 2. The van der Waals surface area contributed by atoms with Gasteiger partial charge < -0.3 is 14.6 Å². The smallest absolute Gasteiger partial charge is 0.335 e. The van der Waals surface area contributed by atoms with Gasteiger partial charge in [0, 0.05) is 0 Å². The predicted molar refractivity (Wildman–Crippen MR) is 78.6 cm³/mol. The van der Waals surface area contributed by atoms with Crippen molar-refractivity contribution >= 4 is 17.9 Å². The van der Waals surface area contributed by atoms with Crippen LogP contribution in [0.5, 0.6) is 0 Å². The zero-order valence-corrected chi connectivity index (χ0v) is 12.9. The SMILES string of the molecule is CCc1cc(C(=O)O)ccc1CC(CC(=O)OC)C(=O)OC. The van der Waals surface area contributed by atoms with Crippen molar-refractivity contribution in [3.63, 3.8) is 0 Å². The summed E-state index contributed by atoms with van der Waals surface area (Å²) in [6, 6.07) is 4.75. The Kier molecular flexibility index (Phi) is 6.56. The van der Waals surface area contributed by atoms with Crippen LogP contribution in [-0.4, -0.2) is 37.2 Å². The fourth-order valence-corrected chi connectivity index (χ4v) is 2.24. The first-order valence-electron chi connectivity index (χ1n) is 6.92. The van der Waals surface area contributed by atoms with Gasteiger partial charge in [-0.05, 0) is 36.1 Å². The van der Waals surface area contributed by atoms with Crippen LogP contribution in [0.2, 0.25) is 0 Å². The Bertz CT molecular complexity index is 564. The normalized spacial score (nSPS) is 11.6. The van der Waals surface area contributed by atoms with E-state index in [1.165, 1.54) is 20.3 Å². The molecule has 1 rings (SSSR count).